The highest BCUT2D eigenvalue weighted by atomic mass is 16.5. The summed E-state index contributed by atoms with van der Waals surface area (Å²) >= 11 is 0. The van der Waals surface area contributed by atoms with Crippen LogP contribution >= 0.6 is 0 Å². The second-order valence-electron chi connectivity index (χ2n) is 9.07. The third kappa shape index (κ3) is 3.31. The number of carbonyl (C=O) groups excluding carboxylic acids is 1. The van der Waals surface area contributed by atoms with E-state index >= 15 is 0 Å². The number of hydrogen-bond acceptors (Lipinski definition) is 5. The number of fused-ring (bicyclic) bond motifs is 6. The first-order chi connectivity index (χ1) is 17.0. The molecule has 3 aromatic rings. The van der Waals surface area contributed by atoms with Crippen molar-refractivity contribution in [3.05, 3.63) is 81.9 Å². The number of rotatable bonds is 6. The van der Waals surface area contributed by atoms with Crippen LogP contribution in [0.1, 0.15) is 65.4 Å². The van der Waals surface area contributed by atoms with Crippen molar-refractivity contribution in [2.24, 2.45) is 5.10 Å². The standard InChI is InChI=1S/C29H32N4O2/c1-6-13-32-33-28(34)20-11-9-10-12-21(20)29(33)22-14-18(4)24(30-7-2)16-26(22)35-27-17-25(31-8-3)19(5)15-23(27)29/h9-17,30-31H,6-8H2,1-5H3/b32-13-. The molecule has 0 radical (unpaired) electrons. The SMILES string of the molecule is CC/C=N\N1C(=O)c2ccccc2C12c1cc(C)c(NCC)cc1Oc1cc(NCC)c(C)cc12. The van der Waals surface area contributed by atoms with Gasteiger partial charge in [0.2, 0.25) is 0 Å². The van der Waals surface area contributed by atoms with Crippen LogP contribution in [0.25, 0.3) is 0 Å². The molecule has 1 amide bonds. The molecular formula is C29H32N4O2. The molecule has 35 heavy (non-hydrogen) atoms. The fourth-order valence-electron chi connectivity index (χ4n) is 5.32. The summed E-state index contributed by atoms with van der Waals surface area (Å²) < 4.78 is 6.58. The van der Waals surface area contributed by atoms with Gasteiger partial charge >= 0.3 is 0 Å². The van der Waals surface area contributed by atoms with Crippen LogP contribution in [0.3, 0.4) is 0 Å². The fraction of sp³-hybridized carbons (Fsp3) is 0.310. The molecule has 6 heteroatoms. The predicted octanol–water partition coefficient (Wildman–Crippen LogP) is 6.42. The molecule has 1 spiro atoms. The van der Waals surface area contributed by atoms with Gasteiger partial charge in [-0.25, -0.2) is 5.01 Å². The van der Waals surface area contributed by atoms with Crippen LogP contribution in [-0.2, 0) is 5.54 Å². The van der Waals surface area contributed by atoms with Crippen LogP contribution in [0.15, 0.2) is 53.6 Å². The summed E-state index contributed by atoms with van der Waals surface area (Å²) in [6.45, 7) is 12.0. The van der Waals surface area contributed by atoms with E-state index in [0.29, 0.717) is 5.56 Å². The van der Waals surface area contributed by atoms with Gasteiger partial charge in [0.05, 0.1) is 0 Å². The number of amides is 1. The Labute approximate surface area is 207 Å². The molecule has 0 unspecified atom stereocenters. The molecule has 2 heterocycles. The van der Waals surface area contributed by atoms with Gasteiger partial charge in [-0.15, -0.1) is 0 Å². The highest BCUT2D eigenvalue weighted by Gasteiger charge is 2.57. The first kappa shape index (κ1) is 23.0. The summed E-state index contributed by atoms with van der Waals surface area (Å²) in [5, 5.41) is 13.3. The van der Waals surface area contributed by atoms with E-state index in [1.54, 1.807) is 11.2 Å². The number of nitrogens with zero attached hydrogens (tertiary/aromatic N) is 2. The zero-order chi connectivity index (χ0) is 24.7. The van der Waals surface area contributed by atoms with E-state index in [2.05, 4.69) is 68.7 Å². The van der Waals surface area contributed by atoms with Gasteiger partial charge in [-0.05, 0) is 63.4 Å². The van der Waals surface area contributed by atoms with Crippen LogP contribution in [0.2, 0.25) is 0 Å². The molecule has 5 rings (SSSR count). The minimum absolute atomic E-state index is 0.106. The van der Waals surface area contributed by atoms with Gasteiger partial charge in [0.15, 0.2) is 0 Å². The van der Waals surface area contributed by atoms with Gasteiger partial charge in [-0.2, -0.15) is 5.10 Å². The molecule has 0 fully saturated rings. The largest absolute Gasteiger partial charge is 0.456 e. The van der Waals surface area contributed by atoms with Gasteiger partial charge in [0.25, 0.3) is 5.91 Å². The second kappa shape index (κ2) is 8.77. The third-order valence-electron chi connectivity index (χ3n) is 6.82. The van der Waals surface area contributed by atoms with E-state index < -0.39 is 5.54 Å². The molecule has 0 saturated heterocycles. The summed E-state index contributed by atoms with van der Waals surface area (Å²) in [4.78, 5) is 13.9. The minimum atomic E-state index is -0.923. The summed E-state index contributed by atoms with van der Waals surface area (Å²) in [5.41, 5.74) is 6.74. The molecule has 0 bridgehead atoms. The lowest BCUT2D eigenvalue weighted by atomic mass is 9.74. The molecule has 2 N–H and O–H groups in total. The first-order valence-electron chi connectivity index (χ1n) is 12.4. The molecule has 0 atom stereocenters. The summed E-state index contributed by atoms with van der Waals surface area (Å²) in [7, 11) is 0. The number of hydrazone groups is 1. The number of carbonyl (C=O) groups is 1. The van der Waals surface area contributed by atoms with Gasteiger partial charge in [-0.1, -0.05) is 25.1 Å². The Bertz CT molecular complexity index is 1280. The Hall–Kier alpha value is -3.80. The minimum Gasteiger partial charge on any atom is -0.456 e. The maximum atomic E-state index is 13.9. The van der Waals surface area contributed by atoms with Crippen molar-refractivity contribution < 1.29 is 9.53 Å². The Morgan fingerprint density at radius 2 is 1.46 bits per heavy atom. The second-order valence-corrected chi connectivity index (χ2v) is 9.07. The van der Waals surface area contributed by atoms with Gasteiger partial charge < -0.3 is 15.4 Å². The molecule has 6 nitrogen and oxygen atoms in total. The van der Waals surface area contributed by atoms with E-state index in [-0.39, 0.29) is 5.91 Å². The van der Waals surface area contributed by atoms with E-state index in [0.717, 1.165) is 70.2 Å². The van der Waals surface area contributed by atoms with Crippen molar-refractivity contribution in [1.82, 2.24) is 5.01 Å². The van der Waals surface area contributed by atoms with Crippen LogP contribution in [0, 0.1) is 13.8 Å². The van der Waals surface area contributed by atoms with E-state index in [9.17, 15) is 4.79 Å². The monoisotopic (exact) mass is 468 g/mol. The smallest absolute Gasteiger partial charge is 0.275 e. The lowest BCUT2D eigenvalue weighted by Crippen LogP contribution is -2.44. The molecular weight excluding hydrogens is 436 g/mol. The Kier molecular flexibility index (Phi) is 5.75. The Morgan fingerprint density at radius 1 is 0.886 bits per heavy atom. The molecule has 0 aliphatic carbocycles. The molecule has 3 aromatic carbocycles. The van der Waals surface area contributed by atoms with Crippen molar-refractivity contribution in [2.45, 2.75) is 46.6 Å². The molecule has 0 aromatic heterocycles. The van der Waals surface area contributed by atoms with Gasteiger partial charge in [-0.3, -0.25) is 4.79 Å². The van der Waals surface area contributed by atoms with E-state index in [1.165, 1.54) is 0 Å². The van der Waals surface area contributed by atoms with Gasteiger partial charge in [0, 0.05) is 65.1 Å². The zero-order valence-corrected chi connectivity index (χ0v) is 21.0. The highest BCUT2D eigenvalue weighted by Crippen LogP contribution is 2.58. The number of nitrogens with one attached hydrogen (secondary N) is 2. The van der Waals surface area contributed by atoms with Crippen molar-refractivity contribution >= 4 is 23.5 Å². The van der Waals surface area contributed by atoms with Crippen molar-refractivity contribution in [3.63, 3.8) is 0 Å². The van der Waals surface area contributed by atoms with Crippen LogP contribution in [0.4, 0.5) is 11.4 Å². The number of anilines is 2. The zero-order valence-electron chi connectivity index (χ0n) is 21.0. The quantitative estimate of drug-likeness (QED) is 0.410. The average Bonchev–Trinajstić information content (AvgIpc) is 3.09. The summed E-state index contributed by atoms with van der Waals surface area (Å²) in [6.07, 6.45) is 2.53. The molecule has 0 saturated carbocycles. The fourth-order valence-corrected chi connectivity index (χ4v) is 5.32. The lowest BCUT2D eigenvalue weighted by Gasteiger charge is -2.42. The summed E-state index contributed by atoms with van der Waals surface area (Å²) in [5.74, 6) is 1.35. The van der Waals surface area contributed by atoms with E-state index in [1.807, 2.05) is 25.1 Å². The number of aryl methyl sites for hydroxylation is 2. The van der Waals surface area contributed by atoms with Crippen molar-refractivity contribution in [1.29, 1.82) is 0 Å². The van der Waals surface area contributed by atoms with E-state index in [4.69, 9.17) is 9.84 Å². The Balaban J connectivity index is 1.91. The first-order valence-corrected chi connectivity index (χ1v) is 12.4. The third-order valence-corrected chi connectivity index (χ3v) is 6.82. The van der Waals surface area contributed by atoms with Crippen molar-refractivity contribution in [3.8, 4) is 11.5 Å². The number of hydrogen-bond donors (Lipinski definition) is 2. The molecule has 2 aliphatic rings. The topological polar surface area (TPSA) is 66.0 Å². The van der Waals surface area contributed by atoms with Crippen molar-refractivity contribution in [2.75, 3.05) is 23.7 Å². The highest BCUT2D eigenvalue weighted by molar-refractivity contribution is 6.02. The lowest BCUT2D eigenvalue weighted by molar-refractivity contribution is 0.0674. The Morgan fingerprint density at radius 3 is 2.00 bits per heavy atom. The average molecular weight is 469 g/mol. The number of ether oxygens (including phenoxy) is 1. The summed E-state index contributed by atoms with van der Waals surface area (Å²) in [6, 6.07) is 16.3. The normalized spacial score (nSPS) is 15.1. The number of benzene rings is 3. The van der Waals surface area contributed by atoms with Crippen LogP contribution in [-0.4, -0.2) is 30.2 Å². The van der Waals surface area contributed by atoms with Crippen LogP contribution in [0.5, 0.6) is 11.5 Å². The predicted molar refractivity (Wildman–Crippen MR) is 142 cm³/mol. The van der Waals surface area contributed by atoms with Gasteiger partial charge in [0.1, 0.15) is 17.0 Å². The maximum absolute atomic E-state index is 13.9. The molecule has 2 aliphatic heterocycles. The van der Waals surface area contributed by atoms with Crippen LogP contribution < -0.4 is 15.4 Å². The maximum Gasteiger partial charge on any atom is 0.275 e. The molecule has 180 valence electrons.